The van der Waals surface area contributed by atoms with Crippen LogP contribution in [0.15, 0.2) is 4.52 Å². The van der Waals surface area contributed by atoms with E-state index in [-0.39, 0.29) is 11.8 Å². The molecule has 2 rings (SSSR count). The predicted octanol–water partition coefficient (Wildman–Crippen LogP) is 0.184. The number of nitrogens with two attached hydrogens (primary N) is 1. The molecule has 1 aliphatic heterocycles. The summed E-state index contributed by atoms with van der Waals surface area (Å²) >= 11 is 0. The summed E-state index contributed by atoms with van der Waals surface area (Å²) in [5.74, 6) is 1.37. The number of carbonyl (C=O) groups is 1. The fraction of sp³-hybridized carbons (Fsp3) is 0.769. The molecule has 1 atom stereocenters. The molecule has 2 N–H and O–H groups in total. The highest BCUT2D eigenvalue weighted by atomic mass is 16.5. The van der Waals surface area contributed by atoms with E-state index in [0.717, 1.165) is 19.5 Å². The Morgan fingerprint density at radius 3 is 2.95 bits per heavy atom. The maximum atomic E-state index is 10.9. The van der Waals surface area contributed by atoms with Crippen molar-refractivity contribution in [2.75, 3.05) is 26.7 Å². The van der Waals surface area contributed by atoms with Gasteiger partial charge >= 0.3 is 0 Å². The van der Waals surface area contributed by atoms with Gasteiger partial charge in [-0.1, -0.05) is 19.0 Å². The lowest BCUT2D eigenvalue weighted by Crippen LogP contribution is -2.37. The van der Waals surface area contributed by atoms with Crippen molar-refractivity contribution in [2.24, 2.45) is 5.73 Å². The van der Waals surface area contributed by atoms with Gasteiger partial charge in [0.15, 0.2) is 5.82 Å². The van der Waals surface area contributed by atoms with Crippen molar-refractivity contribution in [3.63, 3.8) is 0 Å². The van der Waals surface area contributed by atoms with Crippen LogP contribution in [0.1, 0.15) is 37.9 Å². The Morgan fingerprint density at radius 2 is 2.35 bits per heavy atom. The van der Waals surface area contributed by atoms with E-state index in [2.05, 4.69) is 19.9 Å². The van der Waals surface area contributed by atoms with Gasteiger partial charge in [0, 0.05) is 25.0 Å². The molecule has 0 aliphatic carbocycles. The van der Waals surface area contributed by atoms with Crippen LogP contribution in [0.4, 0.5) is 0 Å². The van der Waals surface area contributed by atoms with Crippen LogP contribution in [-0.2, 0) is 11.3 Å². The van der Waals surface area contributed by atoms with Gasteiger partial charge in [-0.3, -0.25) is 14.6 Å². The summed E-state index contributed by atoms with van der Waals surface area (Å²) in [7, 11) is 2.05. The van der Waals surface area contributed by atoms with Gasteiger partial charge in [0.2, 0.25) is 11.8 Å². The number of rotatable bonds is 6. The first-order chi connectivity index (χ1) is 9.45. The number of amides is 1. The molecule has 2 heterocycles. The third kappa shape index (κ3) is 3.77. The first kappa shape index (κ1) is 14.9. The third-order valence-electron chi connectivity index (χ3n) is 3.62. The molecule has 1 saturated heterocycles. The van der Waals surface area contributed by atoms with E-state index < -0.39 is 0 Å². The molecule has 0 radical (unpaired) electrons. The summed E-state index contributed by atoms with van der Waals surface area (Å²) in [6.07, 6.45) is 1.03. The van der Waals surface area contributed by atoms with Gasteiger partial charge in [-0.15, -0.1) is 0 Å². The second-order valence-corrected chi connectivity index (χ2v) is 5.76. The number of carbonyl (C=O) groups excluding carboxylic acids is 1. The molecule has 1 fully saturated rings. The lowest BCUT2D eigenvalue weighted by Gasteiger charge is -2.22. The molecule has 1 aromatic heterocycles. The zero-order valence-electron chi connectivity index (χ0n) is 12.4. The van der Waals surface area contributed by atoms with Crippen molar-refractivity contribution in [3.05, 3.63) is 11.7 Å². The van der Waals surface area contributed by atoms with Gasteiger partial charge in [-0.05, 0) is 13.5 Å². The van der Waals surface area contributed by atoms with Crippen LogP contribution >= 0.6 is 0 Å². The van der Waals surface area contributed by atoms with E-state index in [9.17, 15) is 4.79 Å². The number of likely N-dealkylation sites (tertiary alicyclic amines) is 1. The Kier molecular flexibility index (Phi) is 4.72. The molecule has 1 aromatic rings. The normalized spacial score (nSPS) is 20.1. The maximum absolute atomic E-state index is 10.9. The molecular formula is C13H23N5O2. The minimum absolute atomic E-state index is 0.249. The molecule has 112 valence electrons. The highest BCUT2D eigenvalue weighted by Gasteiger charge is 2.27. The van der Waals surface area contributed by atoms with E-state index in [1.165, 1.54) is 0 Å². The summed E-state index contributed by atoms with van der Waals surface area (Å²) in [4.78, 5) is 19.6. The number of primary amides is 1. The van der Waals surface area contributed by atoms with Crippen molar-refractivity contribution in [2.45, 2.75) is 38.8 Å². The molecule has 0 bridgehead atoms. The smallest absolute Gasteiger partial charge is 0.231 e. The summed E-state index contributed by atoms with van der Waals surface area (Å²) in [5.41, 5.74) is 5.22. The van der Waals surface area contributed by atoms with Crippen LogP contribution in [0.3, 0.4) is 0 Å². The fourth-order valence-corrected chi connectivity index (χ4v) is 2.45. The van der Waals surface area contributed by atoms with Gasteiger partial charge in [0.1, 0.15) is 0 Å². The van der Waals surface area contributed by atoms with Crippen LogP contribution in [0.2, 0.25) is 0 Å². The lowest BCUT2D eigenvalue weighted by molar-refractivity contribution is -0.118. The second-order valence-electron chi connectivity index (χ2n) is 5.76. The van der Waals surface area contributed by atoms with Gasteiger partial charge < -0.3 is 10.3 Å². The number of nitrogens with zero attached hydrogens (tertiary/aromatic N) is 4. The number of hydrogen-bond acceptors (Lipinski definition) is 6. The highest BCUT2D eigenvalue weighted by Crippen LogP contribution is 2.17. The Morgan fingerprint density at radius 1 is 1.60 bits per heavy atom. The average molecular weight is 281 g/mol. The van der Waals surface area contributed by atoms with Crippen molar-refractivity contribution >= 4 is 5.91 Å². The van der Waals surface area contributed by atoms with Crippen LogP contribution in [0.5, 0.6) is 0 Å². The topological polar surface area (TPSA) is 88.5 Å². The summed E-state index contributed by atoms with van der Waals surface area (Å²) in [6, 6.07) is 0.398. The predicted molar refractivity (Wildman–Crippen MR) is 73.9 cm³/mol. The molecule has 0 aromatic carbocycles. The Bertz CT molecular complexity index is 459. The van der Waals surface area contributed by atoms with Crippen molar-refractivity contribution in [1.82, 2.24) is 19.9 Å². The van der Waals surface area contributed by atoms with Gasteiger partial charge in [-0.2, -0.15) is 4.98 Å². The standard InChI is InChI=1S/C13H23N5O2/c1-9(2)13-15-12(16-20-13)8-17(3)10-4-5-18(6-10)7-11(14)19/h9-10H,4-8H2,1-3H3,(H2,14,19). The van der Waals surface area contributed by atoms with Crippen LogP contribution in [0, 0.1) is 0 Å². The van der Waals surface area contributed by atoms with Gasteiger partial charge in [0.05, 0.1) is 13.1 Å². The van der Waals surface area contributed by atoms with E-state index in [1.807, 2.05) is 20.9 Å². The first-order valence-electron chi connectivity index (χ1n) is 6.99. The Balaban J connectivity index is 1.85. The highest BCUT2D eigenvalue weighted by molar-refractivity contribution is 5.75. The molecule has 7 nitrogen and oxygen atoms in total. The van der Waals surface area contributed by atoms with Crippen LogP contribution in [-0.4, -0.2) is 58.6 Å². The van der Waals surface area contributed by atoms with E-state index in [0.29, 0.717) is 30.8 Å². The monoisotopic (exact) mass is 281 g/mol. The number of likely N-dealkylation sites (N-methyl/N-ethyl adjacent to an activating group) is 1. The summed E-state index contributed by atoms with van der Waals surface area (Å²) in [6.45, 7) is 6.81. The molecule has 1 amide bonds. The number of hydrogen-bond donors (Lipinski definition) is 1. The lowest BCUT2D eigenvalue weighted by atomic mass is 10.2. The molecule has 20 heavy (non-hydrogen) atoms. The molecule has 0 spiro atoms. The molecular weight excluding hydrogens is 258 g/mol. The number of aromatic nitrogens is 2. The maximum Gasteiger partial charge on any atom is 0.231 e. The molecule has 1 unspecified atom stereocenters. The Labute approximate surface area is 119 Å². The Hall–Kier alpha value is -1.47. The van der Waals surface area contributed by atoms with Crippen molar-refractivity contribution < 1.29 is 9.32 Å². The SMILES string of the molecule is CC(C)c1nc(CN(C)C2CCN(CC(N)=O)C2)no1. The summed E-state index contributed by atoms with van der Waals surface area (Å²) in [5, 5.41) is 4.00. The molecule has 7 heteroatoms. The molecule has 1 aliphatic rings. The second kappa shape index (κ2) is 6.32. The summed E-state index contributed by atoms with van der Waals surface area (Å²) < 4.78 is 5.20. The van der Waals surface area contributed by atoms with E-state index in [4.69, 9.17) is 10.3 Å². The minimum atomic E-state index is -0.270. The average Bonchev–Trinajstić information content (AvgIpc) is 2.97. The zero-order chi connectivity index (χ0) is 14.7. The first-order valence-corrected chi connectivity index (χ1v) is 6.99. The van der Waals surface area contributed by atoms with Crippen LogP contribution < -0.4 is 5.73 Å². The van der Waals surface area contributed by atoms with E-state index >= 15 is 0 Å². The molecule has 0 saturated carbocycles. The van der Waals surface area contributed by atoms with Crippen molar-refractivity contribution in [3.8, 4) is 0 Å². The largest absolute Gasteiger partial charge is 0.369 e. The van der Waals surface area contributed by atoms with Crippen molar-refractivity contribution in [1.29, 1.82) is 0 Å². The minimum Gasteiger partial charge on any atom is -0.369 e. The van der Waals surface area contributed by atoms with Crippen LogP contribution in [0.25, 0.3) is 0 Å². The third-order valence-corrected chi connectivity index (χ3v) is 3.62. The fourth-order valence-electron chi connectivity index (χ4n) is 2.45. The van der Waals surface area contributed by atoms with E-state index in [1.54, 1.807) is 0 Å². The quantitative estimate of drug-likeness (QED) is 0.800. The zero-order valence-corrected chi connectivity index (χ0v) is 12.4. The van der Waals surface area contributed by atoms with Gasteiger partial charge in [0.25, 0.3) is 0 Å². The van der Waals surface area contributed by atoms with Gasteiger partial charge in [-0.25, -0.2) is 0 Å².